The van der Waals surface area contributed by atoms with Crippen molar-refractivity contribution in [3.63, 3.8) is 0 Å². The van der Waals surface area contributed by atoms with E-state index >= 15 is 0 Å². The van der Waals surface area contributed by atoms with E-state index in [-0.39, 0.29) is 5.92 Å². The zero-order chi connectivity index (χ0) is 23.3. The van der Waals surface area contributed by atoms with Crippen molar-refractivity contribution in [1.82, 2.24) is 26.4 Å². The van der Waals surface area contributed by atoms with Gasteiger partial charge in [0.1, 0.15) is 5.54 Å². The first-order valence-corrected chi connectivity index (χ1v) is 10.6. The molecule has 1 fully saturated rings. The third kappa shape index (κ3) is 5.63. The van der Waals surface area contributed by atoms with Gasteiger partial charge >= 0.3 is 12.1 Å². The zero-order valence-corrected chi connectivity index (χ0v) is 19.2. The molecule has 2 rings (SSSR count). The number of amides is 6. The number of hydrogen-bond acceptors (Lipinski definition) is 6. The lowest BCUT2D eigenvalue weighted by Crippen LogP contribution is -2.57. The maximum Gasteiger partial charge on any atom is 0.344 e. The van der Waals surface area contributed by atoms with Crippen molar-refractivity contribution in [2.24, 2.45) is 11.8 Å². The summed E-state index contributed by atoms with van der Waals surface area (Å²) in [6, 6.07) is -2.52. The summed E-state index contributed by atoms with van der Waals surface area (Å²) in [6.45, 7) is 4.27. The molecule has 6 N–H and O–H groups in total. The summed E-state index contributed by atoms with van der Waals surface area (Å²) in [4.78, 5) is 50.3. The van der Waals surface area contributed by atoms with E-state index in [0.29, 0.717) is 17.1 Å². The van der Waals surface area contributed by atoms with E-state index in [9.17, 15) is 19.2 Å². The Kier molecular flexibility index (Phi) is 8.21. The Bertz CT molecular complexity index is 810. The summed E-state index contributed by atoms with van der Waals surface area (Å²) >= 11 is 3.40. The molecule has 2 unspecified atom stereocenters. The number of rotatable bonds is 8. The van der Waals surface area contributed by atoms with Gasteiger partial charge in [-0.15, -0.1) is 0 Å². The average molecular weight is 502 g/mol. The van der Waals surface area contributed by atoms with E-state index in [2.05, 4.69) is 37.3 Å². The van der Waals surface area contributed by atoms with Crippen LogP contribution in [-0.2, 0) is 9.59 Å². The standard InChI is InChI=1S/C19H28BrN5O6/c1-10(2)19(7-15(28)21-13(8-26)9-27)16(29)25(18(31)23-19)24-17(30)22-14-5-4-12(20)6-11(14)3/h4-5,10-11,13,26-27H,6-9H2,1-3H3,(H,21,28)(H,23,31)(H2,22,24,30). The maximum atomic E-state index is 13.1. The maximum absolute atomic E-state index is 13.1. The molecular weight excluding hydrogens is 474 g/mol. The highest BCUT2D eigenvalue weighted by Crippen LogP contribution is 2.29. The van der Waals surface area contributed by atoms with Crippen molar-refractivity contribution < 1.29 is 29.4 Å². The largest absolute Gasteiger partial charge is 0.394 e. The molecule has 1 heterocycles. The number of halogens is 1. The third-order valence-electron chi connectivity index (χ3n) is 5.30. The van der Waals surface area contributed by atoms with Crippen LogP contribution in [-0.4, -0.2) is 63.9 Å². The van der Waals surface area contributed by atoms with Crippen LogP contribution in [0, 0.1) is 11.8 Å². The molecule has 0 saturated carbocycles. The second-order valence-electron chi connectivity index (χ2n) is 7.91. The Labute approximate surface area is 188 Å². The molecule has 12 heteroatoms. The predicted octanol–water partition coefficient (Wildman–Crippen LogP) is 0.209. The van der Waals surface area contributed by atoms with Gasteiger partial charge in [-0.3, -0.25) is 9.59 Å². The molecule has 6 amide bonds. The fraction of sp³-hybridized carbons (Fsp3) is 0.579. The number of urea groups is 2. The van der Waals surface area contributed by atoms with Crippen molar-refractivity contribution in [3.05, 3.63) is 22.3 Å². The SMILES string of the molecule is CC1CC(Br)=CC=C1NC(=O)NN1C(=O)NC(CC(=O)NC(CO)CO)(C(C)C)C1=O. The Morgan fingerprint density at radius 2 is 1.94 bits per heavy atom. The minimum atomic E-state index is -1.59. The third-order valence-corrected chi connectivity index (χ3v) is 5.88. The van der Waals surface area contributed by atoms with Gasteiger partial charge in [0, 0.05) is 11.6 Å². The van der Waals surface area contributed by atoms with Gasteiger partial charge < -0.3 is 26.2 Å². The minimum absolute atomic E-state index is 0.0256. The molecule has 0 aromatic rings. The molecule has 0 aromatic carbocycles. The molecular formula is C19H28BrN5O6. The summed E-state index contributed by atoms with van der Waals surface area (Å²) < 4.78 is 0.990. The lowest BCUT2D eigenvalue weighted by Gasteiger charge is -2.30. The van der Waals surface area contributed by atoms with Gasteiger partial charge in [0.25, 0.3) is 5.91 Å². The molecule has 31 heavy (non-hydrogen) atoms. The Balaban J connectivity index is 2.11. The van der Waals surface area contributed by atoms with Crippen molar-refractivity contribution in [1.29, 1.82) is 0 Å². The number of nitrogens with one attached hydrogen (secondary N) is 4. The number of hydrogen-bond donors (Lipinski definition) is 6. The molecule has 1 aliphatic carbocycles. The van der Waals surface area contributed by atoms with E-state index in [1.54, 1.807) is 26.0 Å². The first-order chi connectivity index (χ1) is 14.5. The Hall–Kier alpha value is -2.44. The molecule has 2 aliphatic rings. The second kappa shape index (κ2) is 10.2. The van der Waals surface area contributed by atoms with E-state index in [1.807, 2.05) is 6.92 Å². The number of aliphatic hydroxyl groups is 2. The molecule has 0 bridgehead atoms. The van der Waals surface area contributed by atoms with Gasteiger partial charge in [0.05, 0.1) is 25.7 Å². The first-order valence-electron chi connectivity index (χ1n) is 9.85. The molecule has 0 aromatic heterocycles. The summed E-state index contributed by atoms with van der Waals surface area (Å²) in [7, 11) is 0. The Morgan fingerprint density at radius 3 is 2.48 bits per heavy atom. The second-order valence-corrected chi connectivity index (χ2v) is 8.93. The summed E-state index contributed by atoms with van der Waals surface area (Å²) in [6.07, 6.45) is 3.80. The van der Waals surface area contributed by atoms with E-state index in [4.69, 9.17) is 10.2 Å². The monoisotopic (exact) mass is 501 g/mol. The Morgan fingerprint density at radius 1 is 1.29 bits per heavy atom. The highest BCUT2D eigenvalue weighted by Gasteiger charge is 2.55. The highest BCUT2D eigenvalue weighted by atomic mass is 79.9. The van der Waals surface area contributed by atoms with Gasteiger partial charge in [0.15, 0.2) is 0 Å². The molecule has 0 radical (unpaired) electrons. The number of nitrogens with zero attached hydrogens (tertiary/aromatic N) is 1. The lowest BCUT2D eigenvalue weighted by atomic mass is 9.83. The predicted molar refractivity (Wildman–Crippen MR) is 114 cm³/mol. The number of carbonyl (C=O) groups excluding carboxylic acids is 4. The van der Waals surface area contributed by atoms with Gasteiger partial charge in [-0.2, -0.15) is 5.01 Å². The summed E-state index contributed by atoms with van der Waals surface area (Å²) in [5, 5.41) is 26.3. The summed E-state index contributed by atoms with van der Waals surface area (Å²) in [5.41, 5.74) is 1.28. The molecule has 2 atom stereocenters. The average Bonchev–Trinajstić information content (AvgIpc) is 2.93. The normalized spacial score (nSPS) is 23.5. The fourth-order valence-electron chi connectivity index (χ4n) is 3.33. The number of aliphatic hydroxyl groups excluding tert-OH is 2. The molecule has 1 aliphatic heterocycles. The van der Waals surface area contributed by atoms with Crippen LogP contribution >= 0.6 is 15.9 Å². The van der Waals surface area contributed by atoms with Crippen LogP contribution in [0.15, 0.2) is 22.3 Å². The fourth-order valence-corrected chi connectivity index (χ4v) is 3.95. The number of allylic oxidation sites excluding steroid dienone is 4. The van der Waals surface area contributed by atoms with Crippen molar-refractivity contribution in [2.45, 2.75) is 45.2 Å². The van der Waals surface area contributed by atoms with Crippen molar-refractivity contribution in [2.75, 3.05) is 13.2 Å². The zero-order valence-electron chi connectivity index (χ0n) is 17.6. The van der Waals surface area contributed by atoms with Crippen molar-refractivity contribution in [3.8, 4) is 0 Å². The van der Waals surface area contributed by atoms with Gasteiger partial charge in [-0.1, -0.05) is 42.8 Å². The van der Waals surface area contributed by atoms with E-state index < -0.39 is 61.0 Å². The number of carbonyl (C=O) groups is 4. The lowest BCUT2D eigenvalue weighted by molar-refractivity contribution is -0.138. The van der Waals surface area contributed by atoms with Gasteiger partial charge in [0.2, 0.25) is 5.91 Å². The van der Waals surface area contributed by atoms with Crippen LogP contribution in [0.2, 0.25) is 0 Å². The van der Waals surface area contributed by atoms with Crippen LogP contribution in [0.3, 0.4) is 0 Å². The topological polar surface area (TPSA) is 160 Å². The van der Waals surface area contributed by atoms with E-state index in [0.717, 1.165) is 4.48 Å². The minimum Gasteiger partial charge on any atom is -0.394 e. The van der Waals surface area contributed by atoms with Crippen LogP contribution in [0.25, 0.3) is 0 Å². The smallest absolute Gasteiger partial charge is 0.344 e. The van der Waals surface area contributed by atoms with Crippen molar-refractivity contribution >= 4 is 39.8 Å². The number of imide groups is 1. The summed E-state index contributed by atoms with van der Waals surface area (Å²) in [5.74, 6) is -1.89. The van der Waals surface area contributed by atoms with Crippen LogP contribution in [0.5, 0.6) is 0 Å². The molecule has 172 valence electrons. The molecule has 11 nitrogen and oxygen atoms in total. The molecule has 0 spiro atoms. The number of hydrazine groups is 1. The van der Waals surface area contributed by atoms with Gasteiger partial charge in [-0.05, 0) is 22.9 Å². The van der Waals surface area contributed by atoms with Crippen LogP contribution in [0.1, 0.15) is 33.6 Å². The molecule has 1 saturated heterocycles. The van der Waals surface area contributed by atoms with Crippen LogP contribution in [0.4, 0.5) is 9.59 Å². The van der Waals surface area contributed by atoms with E-state index in [1.165, 1.54) is 0 Å². The quantitative estimate of drug-likeness (QED) is 0.260. The van der Waals surface area contributed by atoms with Gasteiger partial charge in [-0.25, -0.2) is 15.0 Å². The van der Waals surface area contributed by atoms with Crippen LogP contribution < -0.4 is 21.4 Å². The first kappa shape index (κ1) is 24.8. The highest BCUT2D eigenvalue weighted by molar-refractivity contribution is 9.11.